The fourth-order valence-electron chi connectivity index (χ4n) is 5.19. The maximum atomic E-state index is 12.4. The van der Waals surface area contributed by atoms with E-state index in [2.05, 4.69) is 17.5 Å². The molecule has 0 N–H and O–H groups in total. The number of aliphatic imine (C=N–C) groups is 1. The average molecular weight is 396 g/mol. The molecule has 3 heterocycles. The van der Waals surface area contributed by atoms with E-state index in [0.29, 0.717) is 5.57 Å². The SMILES string of the molecule is C=C[C@H]1CN2CCC3C(=Nc4cccc(OC)c43)C2CC1/C(=C\OC)C(=O)OC. The minimum absolute atomic E-state index is 0.0202. The molecule has 2 saturated heterocycles. The summed E-state index contributed by atoms with van der Waals surface area (Å²) in [6, 6.07) is 6.24. The van der Waals surface area contributed by atoms with Crippen LogP contribution < -0.4 is 4.74 Å². The Morgan fingerprint density at radius 1 is 1.31 bits per heavy atom. The van der Waals surface area contributed by atoms with Gasteiger partial charge in [-0.2, -0.15) is 0 Å². The van der Waals surface area contributed by atoms with Crippen LogP contribution in [-0.2, 0) is 14.3 Å². The van der Waals surface area contributed by atoms with E-state index in [1.165, 1.54) is 24.6 Å². The van der Waals surface area contributed by atoms with E-state index in [0.717, 1.165) is 37.4 Å². The largest absolute Gasteiger partial charge is 0.504 e. The molecule has 154 valence electrons. The summed E-state index contributed by atoms with van der Waals surface area (Å²) in [4.78, 5) is 20.0. The van der Waals surface area contributed by atoms with Gasteiger partial charge in [0.1, 0.15) is 5.75 Å². The molecule has 29 heavy (non-hydrogen) atoms. The van der Waals surface area contributed by atoms with Crippen molar-refractivity contribution in [1.82, 2.24) is 4.90 Å². The van der Waals surface area contributed by atoms with E-state index in [9.17, 15) is 4.79 Å². The molecule has 3 aliphatic heterocycles. The number of nitrogens with zero attached hydrogens (tertiary/aromatic N) is 2. The number of hydrogen-bond donors (Lipinski definition) is 0. The summed E-state index contributed by atoms with van der Waals surface area (Å²) in [7, 11) is 4.68. The van der Waals surface area contributed by atoms with E-state index in [-0.39, 0.29) is 29.8 Å². The summed E-state index contributed by atoms with van der Waals surface area (Å²) in [5, 5.41) is 0. The first-order valence-corrected chi connectivity index (χ1v) is 10.1. The minimum Gasteiger partial charge on any atom is -0.504 e. The molecule has 0 radical (unpaired) electrons. The summed E-state index contributed by atoms with van der Waals surface area (Å²) < 4.78 is 15.9. The Bertz CT molecular complexity index is 876. The highest BCUT2D eigenvalue weighted by Gasteiger charge is 2.47. The number of rotatable bonds is 5. The minimum atomic E-state index is -0.345. The normalized spacial score (nSPS) is 28.5. The smallest absolute Gasteiger partial charge is 0.337 e. The average Bonchev–Trinajstić information content (AvgIpc) is 3.15. The van der Waals surface area contributed by atoms with E-state index in [1.54, 1.807) is 14.2 Å². The van der Waals surface area contributed by atoms with Crippen LogP contribution >= 0.6 is 0 Å². The number of methoxy groups -OCH3 is 3. The Kier molecular flexibility index (Phi) is 5.46. The third-order valence-corrected chi connectivity index (χ3v) is 6.51. The maximum absolute atomic E-state index is 12.4. The molecule has 4 atom stereocenters. The van der Waals surface area contributed by atoms with Crippen molar-refractivity contribution in [2.75, 3.05) is 34.4 Å². The summed E-state index contributed by atoms with van der Waals surface area (Å²) in [5.74, 6) is 0.972. The second-order valence-corrected chi connectivity index (χ2v) is 7.82. The van der Waals surface area contributed by atoms with Gasteiger partial charge in [0.2, 0.25) is 0 Å². The van der Waals surface area contributed by atoms with E-state index in [1.807, 2.05) is 18.2 Å². The lowest BCUT2D eigenvalue weighted by molar-refractivity contribution is -0.137. The molecule has 0 spiro atoms. The van der Waals surface area contributed by atoms with E-state index in [4.69, 9.17) is 19.2 Å². The Morgan fingerprint density at radius 2 is 2.14 bits per heavy atom. The van der Waals surface area contributed by atoms with Crippen LogP contribution in [0, 0.1) is 11.8 Å². The first-order chi connectivity index (χ1) is 14.1. The lowest BCUT2D eigenvalue weighted by Crippen LogP contribution is -2.55. The van der Waals surface area contributed by atoms with Crippen LogP contribution in [0.15, 0.2) is 47.7 Å². The van der Waals surface area contributed by atoms with Gasteiger partial charge in [0.25, 0.3) is 0 Å². The molecule has 0 aliphatic carbocycles. The van der Waals surface area contributed by atoms with Crippen molar-refractivity contribution >= 4 is 17.4 Å². The third kappa shape index (κ3) is 3.25. The van der Waals surface area contributed by atoms with Crippen molar-refractivity contribution in [2.45, 2.75) is 24.8 Å². The molecule has 0 aromatic heterocycles. The van der Waals surface area contributed by atoms with Crippen molar-refractivity contribution in [3.8, 4) is 5.75 Å². The zero-order chi connectivity index (χ0) is 20.5. The van der Waals surface area contributed by atoms with Crippen molar-refractivity contribution < 1.29 is 19.0 Å². The fraction of sp³-hybridized carbons (Fsp3) is 0.478. The molecule has 0 saturated carbocycles. The lowest BCUT2D eigenvalue weighted by atomic mass is 9.72. The Balaban J connectivity index is 1.68. The van der Waals surface area contributed by atoms with Crippen LogP contribution in [0.3, 0.4) is 0 Å². The van der Waals surface area contributed by atoms with Gasteiger partial charge in [0, 0.05) is 35.7 Å². The Labute approximate surface area is 171 Å². The summed E-state index contributed by atoms with van der Waals surface area (Å²) in [6.45, 7) is 5.86. The number of benzene rings is 1. The van der Waals surface area contributed by atoms with Gasteiger partial charge in [0.05, 0.1) is 38.9 Å². The van der Waals surface area contributed by atoms with Gasteiger partial charge in [-0.1, -0.05) is 12.1 Å². The Morgan fingerprint density at radius 3 is 2.83 bits per heavy atom. The van der Waals surface area contributed by atoms with Gasteiger partial charge >= 0.3 is 5.97 Å². The van der Waals surface area contributed by atoms with Crippen LogP contribution in [0.4, 0.5) is 5.69 Å². The van der Waals surface area contributed by atoms with Gasteiger partial charge in [-0.05, 0) is 37.4 Å². The molecule has 4 rings (SSSR count). The van der Waals surface area contributed by atoms with Gasteiger partial charge < -0.3 is 14.2 Å². The number of esters is 1. The van der Waals surface area contributed by atoms with Crippen molar-refractivity contribution in [3.05, 3.63) is 48.3 Å². The number of carbonyl (C=O) groups excluding carboxylic acids is 1. The quantitative estimate of drug-likeness (QED) is 0.330. The molecule has 3 unspecified atom stereocenters. The number of piperidine rings is 2. The summed E-state index contributed by atoms with van der Waals surface area (Å²) >= 11 is 0. The first-order valence-electron chi connectivity index (χ1n) is 10.1. The lowest BCUT2D eigenvalue weighted by Gasteiger charge is -2.47. The number of hydrogen-bond acceptors (Lipinski definition) is 6. The molecular formula is C23H28N2O4. The monoisotopic (exact) mass is 396 g/mol. The van der Waals surface area contributed by atoms with E-state index < -0.39 is 0 Å². The first kappa shape index (κ1) is 19.7. The van der Waals surface area contributed by atoms with Crippen LogP contribution in [0.2, 0.25) is 0 Å². The molecular weight excluding hydrogens is 368 g/mol. The highest BCUT2D eigenvalue weighted by atomic mass is 16.5. The molecule has 6 heteroatoms. The highest BCUT2D eigenvalue weighted by Crippen LogP contribution is 2.49. The second kappa shape index (κ2) is 8.03. The molecule has 1 aromatic rings. The van der Waals surface area contributed by atoms with Crippen molar-refractivity contribution in [1.29, 1.82) is 0 Å². The van der Waals surface area contributed by atoms with Crippen LogP contribution in [0.5, 0.6) is 5.75 Å². The molecule has 3 aliphatic rings. The predicted octanol–water partition coefficient (Wildman–Crippen LogP) is 3.46. The zero-order valence-corrected chi connectivity index (χ0v) is 17.3. The molecule has 0 bridgehead atoms. The van der Waals surface area contributed by atoms with Gasteiger partial charge in [0.15, 0.2) is 0 Å². The van der Waals surface area contributed by atoms with Crippen LogP contribution in [0.25, 0.3) is 0 Å². The van der Waals surface area contributed by atoms with E-state index >= 15 is 0 Å². The summed E-state index contributed by atoms with van der Waals surface area (Å²) in [6.07, 6.45) is 5.28. The molecule has 2 fully saturated rings. The van der Waals surface area contributed by atoms with Crippen LogP contribution in [-0.4, -0.2) is 57.0 Å². The van der Waals surface area contributed by atoms with Crippen molar-refractivity contribution in [3.63, 3.8) is 0 Å². The maximum Gasteiger partial charge on any atom is 0.337 e. The third-order valence-electron chi connectivity index (χ3n) is 6.51. The topological polar surface area (TPSA) is 60.4 Å². The van der Waals surface area contributed by atoms with Crippen molar-refractivity contribution in [2.24, 2.45) is 16.8 Å². The predicted molar refractivity (Wildman–Crippen MR) is 112 cm³/mol. The van der Waals surface area contributed by atoms with Gasteiger partial charge in [-0.25, -0.2) is 4.79 Å². The second-order valence-electron chi connectivity index (χ2n) is 7.82. The highest BCUT2D eigenvalue weighted by molar-refractivity contribution is 6.03. The molecule has 6 nitrogen and oxygen atoms in total. The number of carbonyl (C=O) groups is 1. The van der Waals surface area contributed by atoms with Gasteiger partial charge in [-0.3, -0.25) is 9.89 Å². The fourth-order valence-corrected chi connectivity index (χ4v) is 5.19. The molecule has 1 aromatic carbocycles. The van der Waals surface area contributed by atoms with Gasteiger partial charge in [-0.15, -0.1) is 6.58 Å². The standard InChI is InChI=1S/C23H28N2O4/c1-5-14-12-25-10-9-15-21-18(7-6-8-20(21)28-3)24-22(15)19(25)11-16(14)17(13-27-2)23(26)29-4/h5-8,13-16,19H,1,9-12H2,2-4H3/b17-13+/t14-,15?,16?,19?/m0/s1. The van der Waals surface area contributed by atoms with Crippen LogP contribution in [0.1, 0.15) is 24.3 Å². The molecule has 0 amide bonds. The Hall–Kier alpha value is -2.60. The summed E-state index contributed by atoms with van der Waals surface area (Å²) in [5.41, 5.74) is 3.96. The number of fused-ring (bicyclic) bond motifs is 5. The zero-order valence-electron chi connectivity index (χ0n) is 17.3. The number of ether oxygens (including phenoxy) is 3.